The number of halogens is 3. The molecule has 0 saturated heterocycles. The van der Waals surface area contributed by atoms with Crippen molar-refractivity contribution in [2.45, 2.75) is 0 Å². The Hall–Kier alpha value is -1.96. The van der Waals surface area contributed by atoms with Crippen LogP contribution in [-0.4, -0.2) is 16.1 Å². The Balaban J connectivity index is 2.28. The van der Waals surface area contributed by atoms with E-state index >= 15 is 0 Å². The van der Waals surface area contributed by atoms with E-state index in [1.807, 2.05) is 0 Å². The summed E-state index contributed by atoms with van der Waals surface area (Å²) in [5.74, 6) is -2.70. The summed E-state index contributed by atoms with van der Waals surface area (Å²) in [5.41, 5.74) is -0.551. The van der Waals surface area contributed by atoms with Crippen LogP contribution in [0.15, 0.2) is 27.3 Å². The Morgan fingerprint density at radius 3 is 2.72 bits per heavy atom. The molecule has 1 aromatic heterocycles. The normalized spacial score (nSPS) is 10.4. The lowest BCUT2D eigenvalue weighted by Gasteiger charge is -2.04. The largest absolute Gasteiger partial charge is 0.476 e. The van der Waals surface area contributed by atoms with Gasteiger partial charge in [0.2, 0.25) is 0 Å². The van der Waals surface area contributed by atoms with Gasteiger partial charge in [-0.2, -0.15) is 4.98 Å². The minimum absolute atomic E-state index is 0.0239. The molecular weight excluding hydrogens is 314 g/mol. The maximum absolute atomic E-state index is 13.4. The van der Waals surface area contributed by atoms with Crippen LogP contribution in [0.25, 0.3) is 0 Å². The first-order valence-corrected chi connectivity index (χ1v) is 5.37. The Bertz CT molecular complexity index is 615. The van der Waals surface area contributed by atoms with Crippen LogP contribution in [0.4, 0.5) is 20.5 Å². The Labute approximate surface area is 108 Å². The Morgan fingerprint density at radius 1 is 1.39 bits per heavy atom. The van der Waals surface area contributed by atoms with Crippen LogP contribution in [0.3, 0.4) is 0 Å². The molecule has 2 N–H and O–H groups in total. The Kier molecular flexibility index (Phi) is 3.28. The van der Waals surface area contributed by atoms with Gasteiger partial charge in [0.15, 0.2) is 5.69 Å². The molecular formula is C10H5BrF2N2O3. The fourth-order valence-corrected chi connectivity index (χ4v) is 1.48. The zero-order valence-electron chi connectivity index (χ0n) is 8.58. The first-order valence-electron chi connectivity index (χ1n) is 4.58. The van der Waals surface area contributed by atoms with Crippen LogP contribution in [0, 0.1) is 11.6 Å². The number of oxazole rings is 1. The van der Waals surface area contributed by atoms with Gasteiger partial charge >= 0.3 is 5.97 Å². The van der Waals surface area contributed by atoms with Crippen LogP contribution in [-0.2, 0) is 0 Å². The second-order valence-electron chi connectivity index (χ2n) is 3.21. The molecule has 2 aromatic rings. The van der Waals surface area contributed by atoms with Crippen molar-refractivity contribution in [1.29, 1.82) is 0 Å². The van der Waals surface area contributed by atoms with Crippen molar-refractivity contribution in [3.8, 4) is 0 Å². The number of nitrogens with one attached hydrogen (secondary N) is 1. The van der Waals surface area contributed by atoms with Gasteiger partial charge in [-0.3, -0.25) is 0 Å². The second kappa shape index (κ2) is 4.73. The average molecular weight is 319 g/mol. The average Bonchev–Trinajstić information content (AvgIpc) is 2.74. The van der Waals surface area contributed by atoms with Gasteiger partial charge in [0.1, 0.15) is 17.9 Å². The van der Waals surface area contributed by atoms with Crippen molar-refractivity contribution in [3.05, 3.63) is 40.2 Å². The third kappa shape index (κ3) is 2.48. The number of nitrogens with zero attached hydrogens (tertiary/aromatic N) is 1. The number of carbonyl (C=O) groups is 1. The second-order valence-corrected chi connectivity index (χ2v) is 4.07. The summed E-state index contributed by atoms with van der Waals surface area (Å²) in [6.07, 6.45) is 0.887. The van der Waals surface area contributed by atoms with E-state index < -0.39 is 17.6 Å². The summed E-state index contributed by atoms with van der Waals surface area (Å²) in [5, 5.41) is 10.9. The van der Waals surface area contributed by atoms with Crippen molar-refractivity contribution in [2.75, 3.05) is 5.32 Å². The maximum atomic E-state index is 13.4. The molecule has 1 heterocycles. The van der Waals surface area contributed by atoms with Gasteiger partial charge in [0, 0.05) is 6.07 Å². The molecule has 0 saturated carbocycles. The van der Waals surface area contributed by atoms with Gasteiger partial charge in [-0.1, -0.05) is 0 Å². The first kappa shape index (κ1) is 12.5. The van der Waals surface area contributed by atoms with Gasteiger partial charge in [0.05, 0.1) is 10.2 Å². The minimum atomic E-state index is -1.28. The molecule has 0 aliphatic heterocycles. The predicted molar refractivity (Wildman–Crippen MR) is 60.8 cm³/mol. The van der Waals surface area contributed by atoms with E-state index in [4.69, 9.17) is 9.52 Å². The van der Waals surface area contributed by atoms with Crippen molar-refractivity contribution >= 4 is 33.6 Å². The smallest absolute Gasteiger partial charge is 0.357 e. The summed E-state index contributed by atoms with van der Waals surface area (Å²) in [7, 11) is 0. The molecule has 94 valence electrons. The molecule has 0 aliphatic rings. The number of carboxylic acid groups (broad SMARTS) is 1. The molecule has 0 fully saturated rings. The van der Waals surface area contributed by atoms with Crippen LogP contribution < -0.4 is 5.32 Å². The number of aromatic carboxylic acids is 1. The number of hydrogen-bond donors (Lipinski definition) is 2. The molecule has 0 bridgehead atoms. The van der Waals surface area contributed by atoms with Crippen molar-refractivity contribution < 1.29 is 23.1 Å². The topological polar surface area (TPSA) is 75.4 Å². The number of hydrogen-bond acceptors (Lipinski definition) is 4. The van der Waals surface area contributed by atoms with Crippen LogP contribution in [0.2, 0.25) is 0 Å². The third-order valence-electron chi connectivity index (χ3n) is 1.97. The van der Waals surface area contributed by atoms with Crippen LogP contribution in [0.1, 0.15) is 10.5 Å². The maximum Gasteiger partial charge on any atom is 0.357 e. The fraction of sp³-hybridized carbons (Fsp3) is 0. The highest BCUT2D eigenvalue weighted by Gasteiger charge is 2.13. The highest BCUT2D eigenvalue weighted by atomic mass is 79.9. The predicted octanol–water partition coefficient (Wildman–Crippen LogP) is 3.16. The SMILES string of the molecule is O=C(O)c1coc(Nc2cc(F)c(Br)cc2F)n1. The standard InChI is InChI=1S/C10H5BrF2N2O3/c11-4-1-6(13)7(2-5(4)12)14-10-15-8(3-18-10)9(16)17/h1-3H,(H,14,15)(H,16,17). The summed E-state index contributed by atoms with van der Waals surface area (Å²) in [6.45, 7) is 0. The van der Waals surface area contributed by atoms with E-state index in [1.54, 1.807) is 0 Å². The van der Waals surface area contributed by atoms with E-state index in [-0.39, 0.29) is 21.9 Å². The molecule has 18 heavy (non-hydrogen) atoms. The van der Waals surface area contributed by atoms with Crippen LogP contribution >= 0.6 is 15.9 Å². The minimum Gasteiger partial charge on any atom is -0.476 e. The lowest BCUT2D eigenvalue weighted by molar-refractivity contribution is 0.0690. The lowest BCUT2D eigenvalue weighted by atomic mass is 10.3. The quantitative estimate of drug-likeness (QED) is 0.850. The van der Waals surface area contributed by atoms with Crippen LogP contribution in [0.5, 0.6) is 0 Å². The third-order valence-corrected chi connectivity index (χ3v) is 2.58. The molecule has 0 spiro atoms. The molecule has 0 aliphatic carbocycles. The zero-order valence-corrected chi connectivity index (χ0v) is 10.2. The van der Waals surface area contributed by atoms with Crippen molar-refractivity contribution in [1.82, 2.24) is 4.98 Å². The zero-order chi connectivity index (χ0) is 13.3. The number of carboxylic acids is 1. The van der Waals surface area contributed by atoms with E-state index in [9.17, 15) is 13.6 Å². The van der Waals surface area contributed by atoms with E-state index in [0.717, 1.165) is 18.4 Å². The summed E-state index contributed by atoms with van der Waals surface area (Å²) < 4.78 is 31.4. The molecule has 8 heteroatoms. The molecule has 0 atom stereocenters. The fourth-order valence-electron chi connectivity index (χ4n) is 1.16. The Morgan fingerprint density at radius 2 is 2.11 bits per heavy atom. The van der Waals surface area contributed by atoms with Crippen molar-refractivity contribution in [2.24, 2.45) is 0 Å². The van der Waals surface area contributed by atoms with Gasteiger partial charge < -0.3 is 14.8 Å². The lowest BCUT2D eigenvalue weighted by Crippen LogP contribution is -1.99. The van der Waals surface area contributed by atoms with E-state index in [0.29, 0.717) is 0 Å². The van der Waals surface area contributed by atoms with Crippen molar-refractivity contribution in [3.63, 3.8) is 0 Å². The number of anilines is 2. The monoisotopic (exact) mass is 318 g/mol. The van der Waals surface area contributed by atoms with E-state index in [1.165, 1.54) is 0 Å². The number of benzene rings is 1. The summed E-state index contributed by atoms with van der Waals surface area (Å²) in [6, 6.07) is 1.58. The highest BCUT2D eigenvalue weighted by Crippen LogP contribution is 2.25. The molecule has 0 radical (unpaired) electrons. The van der Waals surface area contributed by atoms with Gasteiger partial charge in [-0.25, -0.2) is 13.6 Å². The van der Waals surface area contributed by atoms with Gasteiger partial charge in [-0.15, -0.1) is 0 Å². The molecule has 0 amide bonds. The van der Waals surface area contributed by atoms with Gasteiger partial charge in [0.25, 0.3) is 6.01 Å². The van der Waals surface area contributed by atoms with Gasteiger partial charge in [-0.05, 0) is 22.0 Å². The number of rotatable bonds is 3. The molecule has 0 unspecified atom stereocenters. The highest BCUT2D eigenvalue weighted by molar-refractivity contribution is 9.10. The van der Waals surface area contributed by atoms with E-state index in [2.05, 4.69) is 26.2 Å². The summed E-state index contributed by atoms with van der Waals surface area (Å²) >= 11 is 2.83. The molecule has 5 nitrogen and oxygen atoms in total. The number of aromatic nitrogens is 1. The molecule has 1 aromatic carbocycles. The summed E-state index contributed by atoms with van der Waals surface area (Å²) in [4.78, 5) is 14.1. The first-order chi connectivity index (χ1) is 8.47. The molecule has 2 rings (SSSR count).